The van der Waals surface area contributed by atoms with Gasteiger partial charge in [-0.05, 0) is 55.0 Å². The van der Waals surface area contributed by atoms with Crippen molar-refractivity contribution in [2.45, 2.75) is 33.1 Å². The van der Waals surface area contributed by atoms with Gasteiger partial charge in [0.1, 0.15) is 5.75 Å². The van der Waals surface area contributed by atoms with Gasteiger partial charge in [-0.3, -0.25) is 19.2 Å². The molecule has 0 radical (unpaired) electrons. The predicted molar refractivity (Wildman–Crippen MR) is 116 cm³/mol. The molecule has 2 aromatic carbocycles. The van der Waals surface area contributed by atoms with Gasteiger partial charge in [0.25, 0.3) is 5.91 Å². The molecule has 0 heterocycles. The van der Waals surface area contributed by atoms with Crippen molar-refractivity contribution in [2.75, 3.05) is 23.8 Å². The number of carbonyl (C=O) groups is 4. The lowest BCUT2D eigenvalue weighted by molar-refractivity contribution is -0.147. The fourth-order valence-electron chi connectivity index (χ4n) is 2.57. The smallest absolute Gasteiger partial charge is 0.306 e. The summed E-state index contributed by atoms with van der Waals surface area (Å²) in [6.45, 7) is 3.56. The number of benzene rings is 2. The molecule has 2 rings (SSSR count). The first-order chi connectivity index (χ1) is 14.9. The Kier molecular flexibility index (Phi) is 9.22. The summed E-state index contributed by atoms with van der Waals surface area (Å²) in [6, 6.07) is 13.2. The van der Waals surface area contributed by atoms with Gasteiger partial charge >= 0.3 is 5.97 Å². The zero-order valence-corrected chi connectivity index (χ0v) is 17.6. The largest absolute Gasteiger partial charge is 0.494 e. The number of Topliss-reactive ketones (excluding diaryl/α,β-unsaturated/α-hetero) is 1. The third kappa shape index (κ3) is 8.69. The van der Waals surface area contributed by atoms with Crippen molar-refractivity contribution in [3.63, 3.8) is 0 Å². The molecule has 0 aliphatic heterocycles. The Morgan fingerprint density at radius 1 is 0.839 bits per heavy atom. The zero-order valence-electron chi connectivity index (χ0n) is 17.6. The van der Waals surface area contributed by atoms with E-state index in [1.165, 1.54) is 6.92 Å². The highest BCUT2D eigenvalue weighted by atomic mass is 16.5. The van der Waals surface area contributed by atoms with E-state index in [-0.39, 0.29) is 24.5 Å². The number of ketones is 1. The van der Waals surface area contributed by atoms with Gasteiger partial charge in [-0.25, -0.2) is 0 Å². The van der Waals surface area contributed by atoms with Crippen molar-refractivity contribution in [1.82, 2.24) is 0 Å². The van der Waals surface area contributed by atoms with Gasteiger partial charge in [-0.15, -0.1) is 0 Å². The molecule has 31 heavy (non-hydrogen) atoms. The minimum absolute atomic E-state index is 0.0137. The first-order valence-corrected chi connectivity index (χ1v) is 9.96. The topological polar surface area (TPSA) is 111 Å². The normalized spacial score (nSPS) is 10.1. The number of carbonyl (C=O) groups excluding carboxylic acids is 4. The molecule has 0 aromatic heterocycles. The molecule has 0 fully saturated rings. The molecule has 0 unspecified atom stereocenters. The summed E-state index contributed by atoms with van der Waals surface area (Å²) < 4.78 is 10.4. The first-order valence-electron chi connectivity index (χ1n) is 9.96. The van der Waals surface area contributed by atoms with E-state index in [0.29, 0.717) is 29.3 Å². The van der Waals surface area contributed by atoms with Crippen LogP contribution in [0, 0.1) is 0 Å². The number of amides is 2. The van der Waals surface area contributed by atoms with Crippen molar-refractivity contribution in [1.29, 1.82) is 0 Å². The molecule has 0 saturated carbocycles. The molecule has 0 aliphatic rings. The molecule has 8 nitrogen and oxygen atoms in total. The first kappa shape index (κ1) is 23.6. The van der Waals surface area contributed by atoms with Crippen LogP contribution < -0.4 is 15.4 Å². The summed E-state index contributed by atoms with van der Waals surface area (Å²) >= 11 is 0. The molecule has 0 aliphatic carbocycles. The summed E-state index contributed by atoms with van der Waals surface area (Å²) in [5.41, 5.74) is 1.58. The van der Waals surface area contributed by atoms with Crippen LogP contribution in [0.5, 0.6) is 5.75 Å². The van der Waals surface area contributed by atoms with Gasteiger partial charge in [0.2, 0.25) is 5.91 Å². The summed E-state index contributed by atoms with van der Waals surface area (Å²) in [7, 11) is 0. The second kappa shape index (κ2) is 12.1. The Labute approximate surface area is 180 Å². The van der Waals surface area contributed by atoms with Gasteiger partial charge < -0.3 is 20.1 Å². The van der Waals surface area contributed by atoms with Crippen LogP contribution in [0.3, 0.4) is 0 Å². The van der Waals surface area contributed by atoms with Gasteiger partial charge in [-0.1, -0.05) is 6.92 Å². The second-order valence-corrected chi connectivity index (χ2v) is 6.76. The number of nitrogens with one attached hydrogen (secondary N) is 2. The van der Waals surface area contributed by atoms with E-state index in [0.717, 1.165) is 6.42 Å². The molecule has 8 heteroatoms. The average molecular weight is 426 g/mol. The van der Waals surface area contributed by atoms with Crippen molar-refractivity contribution in [2.24, 2.45) is 0 Å². The van der Waals surface area contributed by atoms with E-state index < -0.39 is 18.5 Å². The Hall–Kier alpha value is -3.68. The molecular weight excluding hydrogens is 400 g/mol. The Morgan fingerprint density at radius 3 is 2.03 bits per heavy atom. The van der Waals surface area contributed by atoms with E-state index in [1.807, 2.05) is 6.92 Å². The number of rotatable bonds is 11. The highest BCUT2D eigenvalue weighted by Gasteiger charge is 2.12. The van der Waals surface area contributed by atoms with Gasteiger partial charge in [0, 0.05) is 30.3 Å². The van der Waals surface area contributed by atoms with Crippen LogP contribution >= 0.6 is 0 Å². The Morgan fingerprint density at radius 2 is 1.45 bits per heavy atom. The lowest BCUT2D eigenvalue weighted by Crippen LogP contribution is -2.21. The summed E-state index contributed by atoms with van der Waals surface area (Å²) in [4.78, 5) is 46.9. The standard InChI is InChI=1S/C23H26N2O6/c1-3-14-30-20-10-4-17(5-11-20)21(27)12-13-23(29)31-15-22(28)25-19-8-6-18(7-9-19)24-16(2)26/h4-11H,3,12-15H2,1-2H3,(H,24,26)(H,25,28). The quantitative estimate of drug-likeness (QED) is 0.420. The molecule has 2 amide bonds. The summed E-state index contributed by atoms with van der Waals surface area (Å²) in [5, 5.41) is 5.20. The van der Waals surface area contributed by atoms with Gasteiger partial charge in [0.05, 0.1) is 13.0 Å². The third-order valence-corrected chi connectivity index (χ3v) is 4.06. The van der Waals surface area contributed by atoms with Crippen LogP contribution in [0.15, 0.2) is 48.5 Å². The van der Waals surface area contributed by atoms with Crippen LogP contribution in [0.4, 0.5) is 11.4 Å². The number of anilines is 2. The molecule has 2 aromatic rings. The summed E-state index contributed by atoms with van der Waals surface area (Å²) in [5.74, 6) is -0.835. The van der Waals surface area contributed by atoms with Crippen molar-refractivity contribution in [3.05, 3.63) is 54.1 Å². The van der Waals surface area contributed by atoms with E-state index in [1.54, 1.807) is 48.5 Å². The van der Waals surface area contributed by atoms with Crippen molar-refractivity contribution >= 4 is 34.9 Å². The predicted octanol–water partition coefficient (Wildman–Crippen LogP) is 3.58. The maximum atomic E-state index is 12.2. The molecule has 0 saturated heterocycles. The highest BCUT2D eigenvalue weighted by Crippen LogP contribution is 2.15. The SMILES string of the molecule is CCCOc1ccc(C(=O)CCC(=O)OCC(=O)Nc2ccc(NC(C)=O)cc2)cc1. The minimum Gasteiger partial charge on any atom is -0.494 e. The second-order valence-electron chi connectivity index (χ2n) is 6.76. The fraction of sp³-hybridized carbons (Fsp3) is 0.304. The highest BCUT2D eigenvalue weighted by molar-refractivity contribution is 5.98. The molecule has 164 valence electrons. The van der Waals surface area contributed by atoms with E-state index in [4.69, 9.17) is 9.47 Å². The number of ether oxygens (including phenoxy) is 2. The molecule has 0 atom stereocenters. The van der Waals surface area contributed by atoms with Crippen molar-refractivity contribution in [3.8, 4) is 5.75 Å². The monoisotopic (exact) mass is 426 g/mol. The van der Waals surface area contributed by atoms with Gasteiger partial charge in [-0.2, -0.15) is 0 Å². The third-order valence-electron chi connectivity index (χ3n) is 4.06. The van der Waals surface area contributed by atoms with Crippen molar-refractivity contribution < 1.29 is 28.7 Å². The Bertz CT molecular complexity index is 907. The molecule has 0 spiro atoms. The lowest BCUT2D eigenvalue weighted by Gasteiger charge is -2.08. The van der Waals surface area contributed by atoms with Crippen LogP contribution in [-0.2, 0) is 19.1 Å². The van der Waals surface area contributed by atoms with Crippen LogP contribution in [0.1, 0.15) is 43.5 Å². The lowest BCUT2D eigenvalue weighted by atomic mass is 10.1. The number of esters is 1. The van der Waals surface area contributed by atoms with Gasteiger partial charge in [0.15, 0.2) is 12.4 Å². The number of hydrogen-bond donors (Lipinski definition) is 2. The Balaban J connectivity index is 1.70. The van der Waals surface area contributed by atoms with Crippen LogP contribution in [0.25, 0.3) is 0 Å². The van der Waals surface area contributed by atoms with E-state index >= 15 is 0 Å². The zero-order chi connectivity index (χ0) is 22.6. The maximum Gasteiger partial charge on any atom is 0.306 e. The molecule has 2 N–H and O–H groups in total. The summed E-state index contributed by atoms with van der Waals surface area (Å²) in [6.07, 6.45) is 0.761. The minimum atomic E-state index is -0.632. The van der Waals surface area contributed by atoms with E-state index in [2.05, 4.69) is 10.6 Å². The van der Waals surface area contributed by atoms with E-state index in [9.17, 15) is 19.2 Å². The van der Waals surface area contributed by atoms with Crippen LogP contribution in [-0.4, -0.2) is 36.8 Å². The molecular formula is C23H26N2O6. The molecule has 0 bridgehead atoms. The fourth-order valence-corrected chi connectivity index (χ4v) is 2.57. The van der Waals surface area contributed by atoms with Crippen LogP contribution in [0.2, 0.25) is 0 Å². The maximum absolute atomic E-state index is 12.2. The average Bonchev–Trinajstić information content (AvgIpc) is 2.76. The number of hydrogen-bond acceptors (Lipinski definition) is 6.